The molecule has 166 valence electrons. The number of pyridine rings is 3. The average molecular weight is 439 g/mol. The Hall–Kier alpha value is -3.58. The van der Waals surface area contributed by atoms with Crippen LogP contribution in [0.5, 0.6) is 0 Å². The zero-order chi connectivity index (χ0) is 22.5. The molecule has 1 fully saturated rings. The van der Waals surface area contributed by atoms with Gasteiger partial charge in [0.1, 0.15) is 5.52 Å². The fourth-order valence-electron chi connectivity index (χ4n) is 5.09. The molecule has 6 rings (SSSR count). The van der Waals surface area contributed by atoms with E-state index in [9.17, 15) is 4.79 Å². The maximum Gasteiger partial charge on any atom is 0.329 e. The third kappa shape index (κ3) is 3.23. The molecular weight excluding hydrogens is 412 g/mol. The zero-order valence-electron chi connectivity index (χ0n) is 18.9. The van der Waals surface area contributed by atoms with Gasteiger partial charge in [0.25, 0.3) is 0 Å². The van der Waals surface area contributed by atoms with E-state index in [-0.39, 0.29) is 11.7 Å². The van der Waals surface area contributed by atoms with Crippen molar-refractivity contribution in [1.29, 1.82) is 0 Å². The second kappa shape index (κ2) is 7.78. The maximum atomic E-state index is 13.3. The van der Waals surface area contributed by atoms with E-state index in [4.69, 9.17) is 4.98 Å². The average Bonchev–Trinajstić information content (AvgIpc) is 3.13. The molecular formula is C26H26N6O. The number of fused-ring (bicyclic) bond motifs is 4. The van der Waals surface area contributed by atoms with Gasteiger partial charge >= 0.3 is 5.69 Å². The normalized spacial score (nSPS) is 15.7. The molecule has 1 aromatic carbocycles. The molecule has 0 spiro atoms. The molecule has 5 heterocycles. The number of rotatable bonds is 3. The Morgan fingerprint density at radius 2 is 1.79 bits per heavy atom. The first-order valence-electron chi connectivity index (χ1n) is 11.6. The van der Waals surface area contributed by atoms with Gasteiger partial charge in [-0.15, -0.1) is 0 Å². The summed E-state index contributed by atoms with van der Waals surface area (Å²) < 4.78 is 3.68. The van der Waals surface area contributed by atoms with Crippen molar-refractivity contribution in [3.8, 4) is 11.3 Å². The van der Waals surface area contributed by atoms with Crippen molar-refractivity contribution in [2.75, 3.05) is 19.6 Å². The van der Waals surface area contributed by atoms with Crippen molar-refractivity contribution in [3.63, 3.8) is 0 Å². The number of aromatic nitrogens is 5. The summed E-state index contributed by atoms with van der Waals surface area (Å²) in [5.74, 6) is 0. The number of nitrogens with zero attached hydrogens (tertiary/aromatic N) is 6. The molecule has 4 aromatic heterocycles. The molecule has 33 heavy (non-hydrogen) atoms. The molecule has 0 amide bonds. The molecule has 1 saturated heterocycles. The molecule has 1 aliphatic rings. The minimum Gasteiger partial charge on any atom is -0.303 e. The van der Waals surface area contributed by atoms with Crippen LogP contribution in [0.25, 0.3) is 44.2 Å². The van der Waals surface area contributed by atoms with E-state index in [2.05, 4.69) is 33.9 Å². The van der Waals surface area contributed by atoms with Crippen LogP contribution in [0.2, 0.25) is 0 Å². The molecule has 7 heteroatoms. The van der Waals surface area contributed by atoms with Crippen LogP contribution in [0.1, 0.15) is 25.8 Å². The van der Waals surface area contributed by atoms with Crippen molar-refractivity contribution in [3.05, 3.63) is 65.3 Å². The van der Waals surface area contributed by atoms with Gasteiger partial charge in [-0.3, -0.25) is 19.1 Å². The first-order chi connectivity index (χ1) is 16.1. The molecule has 5 aromatic rings. The number of imidazole rings is 1. The molecule has 0 unspecified atom stereocenters. The standard InChI is InChI=1S/C26H26N6O/c1-3-31-12-10-19(11-13-31)32-25-23(30(2)26(32)33)16-28-22-9-8-21(29-24(22)25)18-14-17-6-4-5-7-20(17)27-15-18/h4-9,14-16,19H,3,10-13H2,1-2H3. The van der Waals surface area contributed by atoms with Crippen molar-refractivity contribution < 1.29 is 0 Å². The topological polar surface area (TPSA) is 68.8 Å². The third-order valence-corrected chi connectivity index (χ3v) is 7.02. The van der Waals surface area contributed by atoms with Crippen LogP contribution in [0.3, 0.4) is 0 Å². The highest BCUT2D eigenvalue weighted by atomic mass is 16.1. The number of hydrogen-bond acceptors (Lipinski definition) is 5. The number of benzene rings is 1. The molecule has 7 nitrogen and oxygen atoms in total. The third-order valence-electron chi connectivity index (χ3n) is 7.02. The summed E-state index contributed by atoms with van der Waals surface area (Å²) in [7, 11) is 1.83. The molecule has 0 saturated carbocycles. The second-order valence-electron chi connectivity index (χ2n) is 8.85. The molecule has 1 aliphatic heterocycles. The Bertz CT molecular complexity index is 1560. The predicted octanol–water partition coefficient (Wildman–Crippen LogP) is 4.16. The van der Waals surface area contributed by atoms with Gasteiger partial charge in [0.2, 0.25) is 0 Å². The van der Waals surface area contributed by atoms with Gasteiger partial charge < -0.3 is 4.90 Å². The van der Waals surface area contributed by atoms with Crippen LogP contribution < -0.4 is 5.69 Å². The van der Waals surface area contributed by atoms with Crippen LogP contribution in [-0.2, 0) is 7.05 Å². The van der Waals surface area contributed by atoms with Gasteiger partial charge in [0.05, 0.1) is 34.0 Å². The number of para-hydroxylation sites is 1. The fourth-order valence-corrected chi connectivity index (χ4v) is 5.09. The molecule has 0 bridgehead atoms. The number of piperidine rings is 1. The summed E-state index contributed by atoms with van der Waals surface area (Å²) in [6.45, 7) is 5.26. The highest BCUT2D eigenvalue weighted by Crippen LogP contribution is 2.30. The lowest BCUT2D eigenvalue weighted by Gasteiger charge is -2.31. The van der Waals surface area contributed by atoms with Gasteiger partial charge in [-0.2, -0.15) is 0 Å². The molecule has 0 radical (unpaired) electrons. The van der Waals surface area contributed by atoms with Gasteiger partial charge in [-0.25, -0.2) is 9.78 Å². The summed E-state index contributed by atoms with van der Waals surface area (Å²) >= 11 is 0. The smallest absolute Gasteiger partial charge is 0.303 e. The summed E-state index contributed by atoms with van der Waals surface area (Å²) in [6.07, 6.45) is 5.59. The van der Waals surface area contributed by atoms with E-state index < -0.39 is 0 Å². The van der Waals surface area contributed by atoms with Crippen molar-refractivity contribution in [2.24, 2.45) is 7.05 Å². The maximum absolute atomic E-state index is 13.3. The van der Waals surface area contributed by atoms with Crippen LogP contribution in [0.15, 0.2) is 59.7 Å². The van der Waals surface area contributed by atoms with E-state index in [0.29, 0.717) is 0 Å². The van der Waals surface area contributed by atoms with Crippen LogP contribution in [0, 0.1) is 0 Å². The fraction of sp³-hybridized carbons (Fsp3) is 0.308. The number of aryl methyl sites for hydroxylation is 1. The summed E-state index contributed by atoms with van der Waals surface area (Å²) in [4.78, 5) is 30.0. The zero-order valence-corrected chi connectivity index (χ0v) is 18.9. The van der Waals surface area contributed by atoms with Crippen LogP contribution in [-0.4, -0.2) is 48.6 Å². The number of likely N-dealkylation sites (tertiary alicyclic amines) is 1. The Kier molecular flexibility index (Phi) is 4.73. The van der Waals surface area contributed by atoms with Crippen molar-refractivity contribution in [1.82, 2.24) is 29.0 Å². The van der Waals surface area contributed by atoms with E-state index in [1.807, 2.05) is 48.1 Å². The SMILES string of the molecule is CCN1CCC(n2c(=O)n(C)c3cnc4ccc(-c5cnc6ccccc6c5)nc4c32)CC1. The Morgan fingerprint density at radius 3 is 2.61 bits per heavy atom. The molecule has 0 atom stereocenters. The van der Waals surface area contributed by atoms with Gasteiger partial charge in [-0.1, -0.05) is 25.1 Å². The van der Waals surface area contributed by atoms with Crippen molar-refractivity contribution in [2.45, 2.75) is 25.8 Å². The highest BCUT2D eigenvalue weighted by molar-refractivity contribution is 6.00. The van der Waals surface area contributed by atoms with E-state index >= 15 is 0 Å². The van der Waals surface area contributed by atoms with Crippen LogP contribution in [0.4, 0.5) is 0 Å². The van der Waals surface area contributed by atoms with Crippen molar-refractivity contribution >= 4 is 33.0 Å². The summed E-state index contributed by atoms with van der Waals surface area (Å²) in [5.41, 5.74) is 6.03. The Balaban J connectivity index is 1.55. The lowest BCUT2D eigenvalue weighted by atomic mass is 10.0. The molecule has 0 aliphatic carbocycles. The predicted molar refractivity (Wildman–Crippen MR) is 131 cm³/mol. The largest absolute Gasteiger partial charge is 0.329 e. The van der Waals surface area contributed by atoms with Gasteiger partial charge in [-0.05, 0) is 43.7 Å². The minimum atomic E-state index is 0.00817. The first kappa shape index (κ1) is 20.1. The monoisotopic (exact) mass is 438 g/mol. The van der Waals surface area contributed by atoms with Gasteiger partial charge in [0.15, 0.2) is 0 Å². The molecule has 0 N–H and O–H groups in total. The lowest BCUT2D eigenvalue weighted by molar-refractivity contribution is 0.194. The summed E-state index contributed by atoms with van der Waals surface area (Å²) in [6, 6.07) is 14.3. The Morgan fingerprint density at radius 1 is 1.00 bits per heavy atom. The van der Waals surface area contributed by atoms with E-state index in [1.54, 1.807) is 10.8 Å². The highest BCUT2D eigenvalue weighted by Gasteiger charge is 2.26. The first-order valence-corrected chi connectivity index (χ1v) is 11.6. The number of hydrogen-bond donors (Lipinski definition) is 0. The van der Waals surface area contributed by atoms with Crippen LogP contribution >= 0.6 is 0 Å². The Labute approximate surface area is 191 Å². The quantitative estimate of drug-likeness (QED) is 0.423. The summed E-state index contributed by atoms with van der Waals surface area (Å²) in [5, 5.41) is 1.08. The van der Waals surface area contributed by atoms with E-state index in [1.165, 1.54) is 0 Å². The van der Waals surface area contributed by atoms with E-state index in [0.717, 1.165) is 76.7 Å². The lowest BCUT2D eigenvalue weighted by Crippen LogP contribution is -2.37. The minimum absolute atomic E-state index is 0.00817. The van der Waals surface area contributed by atoms with Gasteiger partial charge in [0, 0.05) is 43.3 Å². The second-order valence-corrected chi connectivity index (χ2v) is 8.85.